The van der Waals surface area contributed by atoms with Crippen LogP contribution in [0.4, 0.5) is 5.82 Å². The summed E-state index contributed by atoms with van der Waals surface area (Å²) in [5, 5.41) is 13.6. The van der Waals surface area contributed by atoms with E-state index in [1.165, 1.54) is 0 Å². The van der Waals surface area contributed by atoms with Crippen LogP contribution in [0.5, 0.6) is 5.75 Å². The smallest absolute Gasteiger partial charge is 0.131 e. The van der Waals surface area contributed by atoms with Crippen LogP contribution in [0.25, 0.3) is 0 Å². The number of fused-ring (bicyclic) bond motifs is 1. The van der Waals surface area contributed by atoms with Crippen LogP contribution in [0.3, 0.4) is 0 Å². The van der Waals surface area contributed by atoms with E-state index in [1.807, 2.05) is 24.3 Å². The number of anilines is 1. The summed E-state index contributed by atoms with van der Waals surface area (Å²) in [4.78, 5) is 4.22. The predicted octanol–water partition coefficient (Wildman–Crippen LogP) is 3.54. The second kappa shape index (κ2) is 4.50. The van der Waals surface area contributed by atoms with Crippen LogP contribution >= 0.6 is 11.6 Å². The molecule has 0 spiro atoms. The van der Waals surface area contributed by atoms with Crippen LogP contribution < -0.4 is 5.32 Å². The van der Waals surface area contributed by atoms with E-state index < -0.39 is 0 Å². The lowest BCUT2D eigenvalue weighted by molar-refractivity contribution is 0.469. The highest BCUT2D eigenvalue weighted by Crippen LogP contribution is 2.37. The van der Waals surface area contributed by atoms with E-state index in [0.717, 1.165) is 29.8 Å². The van der Waals surface area contributed by atoms with E-state index in [0.29, 0.717) is 10.9 Å². The first-order valence-electron chi connectivity index (χ1n) is 5.94. The van der Waals surface area contributed by atoms with Gasteiger partial charge >= 0.3 is 0 Å². The van der Waals surface area contributed by atoms with Crippen LogP contribution in [0, 0.1) is 0 Å². The lowest BCUT2D eigenvalue weighted by Crippen LogP contribution is -2.08. The van der Waals surface area contributed by atoms with Crippen molar-refractivity contribution in [2.45, 2.75) is 18.9 Å². The van der Waals surface area contributed by atoms with Crippen molar-refractivity contribution in [1.29, 1.82) is 0 Å². The first-order chi connectivity index (χ1) is 8.74. The highest BCUT2D eigenvalue weighted by atomic mass is 35.5. The van der Waals surface area contributed by atoms with E-state index in [-0.39, 0.29) is 6.04 Å². The van der Waals surface area contributed by atoms with Crippen molar-refractivity contribution < 1.29 is 5.11 Å². The SMILES string of the molecule is Oc1cccc2c1CCC2Nc1cccc(Cl)n1. The van der Waals surface area contributed by atoms with Gasteiger partial charge in [-0.3, -0.25) is 0 Å². The van der Waals surface area contributed by atoms with Gasteiger partial charge in [0.2, 0.25) is 0 Å². The van der Waals surface area contributed by atoms with Crippen molar-refractivity contribution in [2.75, 3.05) is 5.32 Å². The molecule has 1 aliphatic carbocycles. The Bertz CT molecular complexity index is 586. The Morgan fingerprint density at radius 3 is 2.89 bits per heavy atom. The van der Waals surface area contributed by atoms with E-state index in [4.69, 9.17) is 11.6 Å². The Morgan fingerprint density at radius 1 is 1.22 bits per heavy atom. The monoisotopic (exact) mass is 260 g/mol. The zero-order valence-corrected chi connectivity index (χ0v) is 10.5. The number of aromatic nitrogens is 1. The Kier molecular flexibility index (Phi) is 2.84. The third-order valence-electron chi connectivity index (χ3n) is 3.28. The van der Waals surface area contributed by atoms with Crippen LogP contribution in [0.1, 0.15) is 23.6 Å². The maximum Gasteiger partial charge on any atom is 0.131 e. The highest BCUT2D eigenvalue weighted by molar-refractivity contribution is 6.29. The molecule has 0 aliphatic heterocycles. The molecule has 3 rings (SSSR count). The third kappa shape index (κ3) is 2.02. The van der Waals surface area contributed by atoms with Gasteiger partial charge in [0.25, 0.3) is 0 Å². The topological polar surface area (TPSA) is 45.1 Å². The van der Waals surface area contributed by atoms with Gasteiger partial charge in [-0.2, -0.15) is 0 Å². The van der Waals surface area contributed by atoms with E-state index in [9.17, 15) is 5.11 Å². The minimum Gasteiger partial charge on any atom is -0.508 e. The molecule has 92 valence electrons. The van der Waals surface area contributed by atoms with Gasteiger partial charge in [0.1, 0.15) is 16.7 Å². The fourth-order valence-electron chi connectivity index (χ4n) is 2.45. The Labute approximate surface area is 110 Å². The lowest BCUT2D eigenvalue weighted by atomic mass is 10.1. The summed E-state index contributed by atoms with van der Waals surface area (Å²) in [6, 6.07) is 11.4. The number of pyridine rings is 1. The van der Waals surface area contributed by atoms with Gasteiger partial charge in [0, 0.05) is 0 Å². The lowest BCUT2D eigenvalue weighted by Gasteiger charge is -2.14. The van der Waals surface area contributed by atoms with Crippen molar-refractivity contribution in [3.05, 3.63) is 52.7 Å². The Hall–Kier alpha value is -1.74. The fourth-order valence-corrected chi connectivity index (χ4v) is 2.62. The zero-order valence-electron chi connectivity index (χ0n) is 9.73. The molecule has 0 fully saturated rings. The number of phenolic OH excluding ortho intramolecular Hbond substituents is 1. The van der Waals surface area contributed by atoms with E-state index in [1.54, 1.807) is 12.1 Å². The van der Waals surface area contributed by atoms with Gasteiger partial charge in [-0.05, 0) is 42.2 Å². The van der Waals surface area contributed by atoms with E-state index >= 15 is 0 Å². The second-order valence-electron chi connectivity index (χ2n) is 4.43. The third-order valence-corrected chi connectivity index (χ3v) is 3.49. The number of nitrogens with one attached hydrogen (secondary N) is 1. The Morgan fingerprint density at radius 2 is 2.06 bits per heavy atom. The molecule has 3 nitrogen and oxygen atoms in total. The summed E-state index contributed by atoms with van der Waals surface area (Å²) in [7, 11) is 0. The number of phenols is 1. The average molecular weight is 261 g/mol. The molecule has 1 aromatic carbocycles. The molecule has 0 bridgehead atoms. The van der Waals surface area contributed by atoms with Crippen molar-refractivity contribution in [2.24, 2.45) is 0 Å². The first kappa shape index (κ1) is 11.4. The number of hydrogen-bond acceptors (Lipinski definition) is 3. The molecule has 18 heavy (non-hydrogen) atoms. The highest BCUT2D eigenvalue weighted by Gasteiger charge is 2.24. The Balaban J connectivity index is 1.87. The van der Waals surface area contributed by atoms with Gasteiger partial charge in [0.15, 0.2) is 0 Å². The molecular formula is C14H13ClN2O. The van der Waals surface area contributed by atoms with Crippen molar-refractivity contribution in [3.63, 3.8) is 0 Å². The average Bonchev–Trinajstić information content (AvgIpc) is 2.74. The van der Waals surface area contributed by atoms with Crippen LogP contribution in [0.15, 0.2) is 36.4 Å². The molecule has 1 heterocycles. The van der Waals surface area contributed by atoms with Gasteiger partial charge in [-0.25, -0.2) is 4.98 Å². The molecule has 0 radical (unpaired) electrons. The molecule has 4 heteroatoms. The molecule has 0 saturated heterocycles. The van der Waals surface area contributed by atoms with Crippen molar-refractivity contribution in [3.8, 4) is 5.75 Å². The number of nitrogens with zero attached hydrogens (tertiary/aromatic N) is 1. The minimum absolute atomic E-state index is 0.193. The fraction of sp³-hybridized carbons (Fsp3) is 0.214. The van der Waals surface area contributed by atoms with Crippen LogP contribution in [-0.2, 0) is 6.42 Å². The number of benzene rings is 1. The van der Waals surface area contributed by atoms with Gasteiger partial charge in [0.05, 0.1) is 6.04 Å². The molecule has 1 atom stereocenters. The summed E-state index contributed by atoms with van der Waals surface area (Å²) in [5.41, 5.74) is 2.19. The molecular weight excluding hydrogens is 248 g/mol. The summed E-state index contributed by atoms with van der Waals surface area (Å²) in [6.07, 6.45) is 1.85. The summed E-state index contributed by atoms with van der Waals surface area (Å²) in [6.45, 7) is 0. The van der Waals surface area contributed by atoms with Crippen molar-refractivity contribution >= 4 is 17.4 Å². The molecule has 0 amide bonds. The largest absolute Gasteiger partial charge is 0.508 e. The standard InChI is InChI=1S/C14H13ClN2O/c15-13-5-2-6-14(17-13)16-11-8-7-10-9(11)3-1-4-12(10)18/h1-6,11,18H,7-8H2,(H,16,17). The maximum atomic E-state index is 9.79. The molecule has 2 aromatic rings. The van der Waals surface area contributed by atoms with Crippen LogP contribution in [0.2, 0.25) is 5.15 Å². The van der Waals surface area contributed by atoms with Gasteiger partial charge < -0.3 is 10.4 Å². The quantitative estimate of drug-likeness (QED) is 0.812. The second-order valence-corrected chi connectivity index (χ2v) is 4.81. The van der Waals surface area contributed by atoms with E-state index in [2.05, 4.69) is 10.3 Å². The molecule has 1 aromatic heterocycles. The van der Waals surface area contributed by atoms with Crippen LogP contribution in [-0.4, -0.2) is 10.1 Å². The number of hydrogen-bond donors (Lipinski definition) is 2. The normalized spacial score (nSPS) is 17.5. The maximum absolute atomic E-state index is 9.79. The zero-order chi connectivity index (χ0) is 12.5. The predicted molar refractivity (Wildman–Crippen MR) is 72.0 cm³/mol. The van der Waals surface area contributed by atoms with Crippen molar-refractivity contribution in [1.82, 2.24) is 4.98 Å². The number of halogens is 1. The van der Waals surface area contributed by atoms with Gasteiger partial charge in [-0.15, -0.1) is 0 Å². The number of rotatable bonds is 2. The van der Waals surface area contributed by atoms with Gasteiger partial charge in [-0.1, -0.05) is 29.8 Å². The summed E-state index contributed by atoms with van der Waals surface area (Å²) in [5.74, 6) is 1.15. The summed E-state index contributed by atoms with van der Waals surface area (Å²) < 4.78 is 0. The molecule has 0 saturated carbocycles. The minimum atomic E-state index is 0.193. The molecule has 1 aliphatic rings. The number of aromatic hydroxyl groups is 1. The molecule has 1 unspecified atom stereocenters. The first-order valence-corrected chi connectivity index (χ1v) is 6.31. The molecule has 2 N–H and O–H groups in total. The summed E-state index contributed by atoms with van der Waals surface area (Å²) >= 11 is 5.86.